The first-order chi connectivity index (χ1) is 14.1. The van der Waals surface area contributed by atoms with Gasteiger partial charge in [0.15, 0.2) is 5.82 Å². The standard InChI is InChI=1S/C21H34N4O5/c1-6-29-19(28)15-9-8-12-25(13-15)18(27)14-24(5)17(26)11-7-10-16-22-20(23-30-16)21(2,3)4/h15H,6-14H2,1-5H3. The predicted octanol–water partition coefficient (Wildman–Crippen LogP) is 1.95. The lowest BCUT2D eigenvalue weighted by molar-refractivity contribution is -0.152. The first-order valence-corrected chi connectivity index (χ1v) is 10.6. The molecule has 0 aromatic carbocycles. The molecule has 0 radical (unpaired) electrons. The lowest BCUT2D eigenvalue weighted by Gasteiger charge is -2.32. The number of esters is 1. The zero-order valence-electron chi connectivity index (χ0n) is 18.8. The van der Waals surface area contributed by atoms with Crippen LogP contribution in [0.5, 0.6) is 0 Å². The number of amides is 2. The largest absolute Gasteiger partial charge is 0.466 e. The lowest BCUT2D eigenvalue weighted by atomic mass is 9.96. The third kappa shape index (κ3) is 6.81. The number of carbonyl (C=O) groups excluding carboxylic acids is 3. The average molecular weight is 423 g/mol. The monoisotopic (exact) mass is 422 g/mol. The van der Waals surface area contributed by atoms with Gasteiger partial charge in [-0.3, -0.25) is 14.4 Å². The Hall–Kier alpha value is -2.45. The van der Waals surface area contributed by atoms with Crippen LogP contribution < -0.4 is 0 Å². The predicted molar refractivity (Wildman–Crippen MR) is 110 cm³/mol. The van der Waals surface area contributed by atoms with E-state index in [0.29, 0.717) is 50.7 Å². The number of aryl methyl sites for hydroxylation is 1. The quantitative estimate of drug-likeness (QED) is 0.590. The molecule has 168 valence electrons. The third-order valence-corrected chi connectivity index (χ3v) is 5.11. The van der Waals surface area contributed by atoms with Gasteiger partial charge in [0.05, 0.1) is 19.1 Å². The summed E-state index contributed by atoms with van der Waals surface area (Å²) in [4.78, 5) is 44.4. The van der Waals surface area contributed by atoms with Crippen molar-refractivity contribution in [2.45, 2.75) is 65.2 Å². The van der Waals surface area contributed by atoms with Crippen molar-refractivity contribution in [3.05, 3.63) is 11.7 Å². The highest BCUT2D eigenvalue weighted by Crippen LogP contribution is 2.20. The second kappa shape index (κ2) is 10.5. The third-order valence-electron chi connectivity index (χ3n) is 5.11. The number of ether oxygens (including phenoxy) is 1. The summed E-state index contributed by atoms with van der Waals surface area (Å²) in [5.41, 5.74) is -0.182. The van der Waals surface area contributed by atoms with Crippen molar-refractivity contribution in [3.8, 4) is 0 Å². The Balaban J connectivity index is 1.76. The fourth-order valence-corrected chi connectivity index (χ4v) is 3.29. The lowest BCUT2D eigenvalue weighted by Crippen LogP contribution is -2.47. The fraction of sp³-hybridized carbons (Fsp3) is 0.762. The molecule has 9 heteroatoms. The maximum atomic E-state index is 12.6. The molecule has 0 saturated carbocycles. The zero-order chi connectivity index (χ0) is 22.3. The zero-order valence-corrected chi connectivity index (χ0v) is 18.8. The maximum absolute atomic E-state index is 12.6. The average Bonchev–Trinajstić information content (AvgIpc) is 3.17. The Morgan fingerprint density at radius 3 is 2.67 bits per heavy atom. The van der Waals surface area contributed by atoms with Crippen LogP contribution >= 0.6 is 0 Å². The highest BCUT2D eigenvalue weighted by atomic mass is 16.5. The van der Waals surface area contributed by atoms with E-state index in [2.05, 4.69) is 10.1 Å². The molecule has 0 spiro atoms. The van der Waals surface area contributed by atoms with Gasteiger partial charge in [-0.1, -0.05) is 25.9 Å². The molecule has 1 aliphatic rings. The number of likely N-dealkylation sites (tertiary alicyclic amines) is 1. The molecule has 1 unspecified atom stereocenters. The van der Waals surface area contributed by atoms with Crippen molar-refractivity contribution in [2.24, 2.45) is 5.92 Å². The van der Waals surface area contributed by atoms with E-state index in [0.717, 1.165) is 12.8 Å². The van der Waals surface area contributed by atoms with Crippen molar-refractivity contribution in [2.75, 3.05) is 33.3 Å². The van der Waals surface area contributed by atoms with E-state index in [-0.39, 0.29) is 35.7 Å². The molecule has 1 aromatic heterocycles. The second-order valence-corrected chi connectivity index (χ2v) is 8.80. The van der Waals surface area contributed by atoms with Crippen molar-refractivity contribution in [3.63, 3.8) is 0 Å². The van der Waals surface area contributed by atoms with Crippen LogP contribution in [0.1, 0.15) is 65.1 Å². The molecule has 2 heterocycles. The smallest absolute Gasteiger partial charge is 0.310 e. The Labute approximate surface area is 178 Å². The molecule has 0 N–H and O–H groups in total. The molecule has 0 aliphatic carbocycles. The molecule has 9 nitrogen and oxygen atoms in total. The Bertz CT molecular complexity index is 740. The molecule has 1 aromatic rings. The molecule has 1 aliphatic heterocycles. The number of nitrogens with zero attached hydrogens (tertiary/aromatic N) is 4. The van der Waals surface area contributed by atoms with Gasteiger partial charge in [0, 0.05) is 38.4 Å². The second-order valence-electron chi connectivity index (χ2n) is 8.80. The van der Waals surface area contributed by atoms with Gasteiger partial charge in [-0.2, -0.15) is 4.98 Å². The molecule has 2 rings (SSSR count). The summed E-state index contributed by atoms with van der Waals surface area (Å²) >= 11 is 0. The number of piperidine rings is 1. The Morgan fingerprint density at radius 1 is 1.30 bits per heavy atom. The van der Waals surface area contributed by atoms with Gasteiger partial charge in [-0.15, -0.1) is 0 Å². The van der Waals surface area contributed by atoms with Gasteiger partial charge in [-0.25, -0.2) is 0 Å². The minimum Gasteiger partial charge on any atom is -0.466 e. The van der Waals surface area contributed by atoms with Crippen molar-refractivity contribution >= 4 is 17.8 Å². The summed E-state index contributed by atoms with van der Waals surface area (Å²) in [6.45, 7) is 9.09. The molecule has 1 saturated heterocycles. The van der Waals surface area contributed by atoms with Crippen LogP contribution in [0.3, 0.4) is 0 Å². The first-order valence-electron chi connectivity index (χ1n) is 10.6. The van der Waals surface area contributed by atoms with Gasteiger partial charge in [0.1, 0.15) is 0 Å². The highest BCUT2D eigenvalue weighted by Gasteiger charge is 2.30. The summed E-state index contributed by atoms with van der Waals surface area (Å²) in [5.74, 6) is 0.370. The fourth-order valence-electron chi connectivity index (χ4n) is 3.29. The van der Waals surface area contributed by atoms with Gasteiger partial charge in [0.25, 0.3) is 0 Å². The minimum atomic E-state index is -0.281. The van der Waals surface area contributed by atoms with E-state index in [4.69, 9.17) is 9.26 Å². The number of likely N-dealkylation sites (N-methyl/N-ethyl adjacent to an activating group) is 1. The molecule has 0 bridgehead atoms. The van der Waals surface area contributed by atoms with Gasteiger partial charge < -0.3 is 19.1 Å². The van der Waals surface area contributed by atoms with Crippen molar-refractivity contribution < 1.29 is 23.6 Å². The summed E-state index contributed by atoms with van der Waals surface area (Å²) in [7, 11) is 1.62. The number of carbonyl (C=O) groups is 3. The SMILES string of the molecule is CCOC(=O)C1CCCN(C(=O)CN(C)C(=O)CCCc2nc(C(C)(C)C)no2)C1. The first kappa shape index (κ1) is 23.8. The van der Waals surface area contributed by atoms with Crippen LogP contribution in [0.15, 0.2) is 4.52 Å². The Kier molecular flexibility index (Phi) is 8.37. The van der Waals surface area contributed by atoms with E-state index in [1.807, 2.05) is 20.8 Å². The number of hydrogen-bond donors (Lipinski definition) is 0. The van der Waals surface area contributed by atoms with Gasteiger partial charge in [-0.05, 0) is 26.2 Å². The summed E-state index contributed by atoms with van der Waals surface area (Å²) in [6.07, 6.45) is 2.86. The van der Waals surface area contributed by atoms with Crippen LogP contribution in [0.25, 0.3) is 0 Å². The van der Waals surface area contributed by atoms with Gasteiger partial charge in [0.2, 0.25) is 17.7 Å². The summed E-state index contributed by atoms with van der Waals surface area (Å²) < 4.78 is 10.3. The molecule has 30 heavy (non-hydrogen) atoms. The van der Waals surface area contributed by atoms with Crippen LogP contribution in [0.2, 0.25) is 0 Å². The topological polar surface area (TPSA) is 106 Å². The van der Waals surface area contributed by atoms with E-state index in [1.54, 1.807) is 18.9 Å². The maximum Gasteiger partial charge on any atom is 0.310 e. The molecular formula is C21H34N4O5. The summed E-state index contributed by atoms with van der Waals surface area (Å²) in [5, 5.41) is 3.98. The van der Waals surface area contributed by atoms with E-state index >= 15 is 0 Å². The van der Waals surface area contributed by atoms with Crippen LogP contribution in [0.4, 0.5) is 0 Å². The van der Waals surface area contributed by atoms with E-state index < -0.39 is 0 Å². The van der Waals surface area contributed by atoms with Crippen LogP contribution in [-0.2, 0) is 31.0 Å². The molecule has 1 atom stereocenters. The summed E-state index contributed by atoms with van der Waals surface area (Å²) in [6, 6.07) is 0. The molecular weight excluding hydrogens is 388 g/mol. The van der Waals surface area contributed by atoms with Crippen LogP contribution in [-0.4, -0.2) is 71.0 Å². The molecule has 1 fully saturated rings. The number of hydrogen-bond acceptors (Lipinski definition) is 7. The number of aromatic nitrogens is 2. The normalized spacial score (nSPS) is 17.0. The van der Waals surface area contributed by atoms with Gasteiger partial charge >= 0.3 is 5.97 Å². The van der Waals surface area contributed by atoms with Crippen molar-refractivity contribution in [1.82, 2.24) is 19.9 Å². The molecule has 2 amide bonds. The number of rotatable bonds is 8. The van der Waals surface area contributed by atoms with E-state index in [9.17, 15) is 14.4 Å². The van der Waals surface area contributed by atoms with E-state index in [1.165, 1.54) is 4.90 Å². The van der Waals surface area contributed by atoms with Crippen LogP contribution in [0, 0.1) is 5.92 Å². The highest BCUT2D eigenvalue weighted by molar-refractivity contribution is 5.85. The Morgan fingerprint density at radius 2 is 2.03 bits per heavy atom. The minimum absolute atomic E-state index is 0.00308. The van der Waals surface area contributed by atoms with Crippen molar-refractivity contribution in [1.29, 1.82) is 0 Å².